The SMILES string of the molecule is C=C1/C=C\C=C/C(C)(C)c2cc(C)ccc21. The molecule has 0 amide bonds. The predicted molar refractivity (Wildman–Crippen MR) is 71.5 cm³/mol. The highest BCUT2D eigenvalue weighted by atomic mass is 14.3. The van der Waals surface area contributed by atoms with Crippen LogP contribution < -0.4 is 0 Å². The Labute approximate surface area is 98.0 Å². The Morgan fingerprint density at radius 1 is 1.12 bits per heavy atom. The summed E-state index contributed by atoms with van der Waals surface area (Å²) in [4.78, 5) is 0. The van der Waals surface area contributed by atoms with Gasteiger partial charge in [0.25, 0.3) is 0 Å². The molecule has 2 rings (SSSR count). The fourth-order valence-corrected chi connectivity index (χ4v) is 2.12. The zero-order valence-corrected chi connectivity index (χ0v) is 10.2. The van der Waals surface area contributed by atoms with E-state index in [9.17, 15) is 0 Å². The number of rotatable bonds is 0. The summed E-state index contributed by atoms with van der Waals surface area (Å²) in [6.07, 6.45) is 8.48. The van der Waals surface area contributed by atoms with Crippen LogP contribution in [0.5, 0.6) is 0 Å². The molecule has 0 bridgehead atoms. The van der Waals surface area contributed by atoms with Crippen molar-refractivity contribution in [3.8, 4) is 0 Å². The molecule has 0 fully saturated rings. The molecule has 0 N–H and O–H groups in total. The van der Waals surface area contributed by atoms with Gasteiger partial charge in [-0.05, 0) is 23.6 Å². The van der Waals surface area contributed by atoms with E-state index in [1.807, 2.05) is 0 Å². The van der Waals surface area contributed by atoms with Crippen LogP contribution in [0.2, 0.25) is 0 Å². The van der Waals surface area contributed by atoms with Gasteiger partial charge in [-0.2, -0.15) is 0 Å². The highest BCUT2D eigenvalue weighted by Gasteiger charge is 2.21. The minimum absolute atomic E-state index is 0.0645. The lowest BCUT2D eigenvalue weighted by Crippen LogP contribution is -2.16. The molecule has 1 aliphatic carbocycles. The van der Waals surface area contributed by atoms with Gasteiger partial charge < -0.3 is 0 Å². The third-order valence-corrected chi connectivity index (χ3v) is 3.14. The summed E-state index contributed by atoms with van der Waals surface area (Å²) >= 11 is 0. The van der Waals surface area contributed by atoms with Gasteiger partial charge in [-0.25, -0.2) is 0 Å². The maximum absolute atomic E-state index is 4.13. The Balaban J connectivity index is 2.72. The van der Waals surface area contributed by atoms with Gasteiger partial charge in [-0.3, -0.25) is 0 Å². The van der Waals surface area contributed by atoms with Crippen molar-refractivity contribution in [1.82, 2.24) is 0 Å². The van der Waals surface area contributed by atoms with Crippen LogP contribution in [-0.2, 0) is 5.41 Å². The van der Waals surface area contributed by atoms with Gasteiger partial charge in [0.1, 0.15) is 0 Å². The fraction of sp³-hybridized carbons (Fsp3) is 0.250. The highest BCUT2D eigenvalue weighted by molar-refractivity contribution is 5.76. The summed E-state index contributed by atoms with van der Waals surface area (Å²) < 4.78 is 0. The topological polar surface area (TPSA) is 0 Å². The van der Waals surface area contributed by atoms with E-state index in [0.29, 0.717) is 0 Å². The van der Waals surface area contributed by atoms with E-state index in [1.54, 1.807) is 0 Å². The van der Waals surface area contributed by atoms with Gasteiger partial charge in [0.2, 0.25) is 0 Å². The zero-order valence-electron chi connectivity index (χ0n) is 10.2. The molecule has 0 nitrogen and oxygen atoms in total. The first-order valence-electron chi connectivity index (χ1n) is 5.67. The minimum Gasteiger partial charge on any atom is -0.0911 e. The molecule has 0 heteroatoms. The summed E-state index contributed by atoms with van der Waals surface area (Å²) in [5.41, 5.74) is 5.08. The average Bonchev–Trinajstić information content (AvgIpc) is 2.23. The smallest absolute Gasteiger partial charge is 0.00846 e. The number of aryl methyl sites for hydroxylation is 1. The highest BCUT2D eigenvalue weighted by Crippen LogP contribution is 2.33. The number of hydrogen-bond acceptors (Lipinski definition) is 0. The lowest BCUT2D eigenvalue weighted by atomic mass is 9.78. The second-order valence-electron chi connectivity index (χ2n) is 5.01. The van der Waals surface area contributed by atoms with Gasteiger partial charge in [0, 0.05) is 5.41 Å². The van der Waals surface area contributed by atoms with E-state index in [0.717, 1.165) is 5.57 Å². The molecule has 16 heavy (non-hydrogen) atoms. The largest absolute Gasteiger partial charge is 0.0911 e. The van der Waals surface area contributed by atoms with Crippen molar-refractivity contribution in [2.45, 2.75) is 26.2 Å². The Hall–Kier alpha value is -1.56. The van der Waals surface area contributed by atoms with Crippen LogP contribution in [0.3, 0.4) is 0 Å². The van der Waals surface area contributed by atoms with Crippen molar-refractivity contribution in [3.63, 3.8) is 0 Å². The number of benzene rings is 1. The molecule has 82 valence electrons. The number of hydrogen-bond donors (Lipinski definition) is 0. The van der Waals surface area contributed by atoms with Crippen LogP contribution in [0.4, 0.5) is 0 Å². The van der Waals surface area contributed by atoms with Crippen molar-refractivity contribution in [1.29, 1.82) is 0 Å². The molecule has 0 aliphatic heterocycles. The molecule has 0 heterocycles. The molecule has 0 spiro atoms. The van der Waals surface area contributed by atoms with Crippen LogP contribution in [0, 0.1) is 6.92 Å². The normalized spacial score (nSPS) is 21.8. The monoisotopic (exact) mass is 210 g/mol. The van der Waals surface area contributed by atoms with Crippen molar-refractivity contribution in [3.05, 3.63) is 65.8 Å². The lowest BCUT2D eigenvalue weighted by molar-refractivity contribution is 0.666. The quantitative estimate of drug-likeness (QED) is 0.595. The molecular formula is C16H18. The fourth-order valence-electron chi connectivity index (χ4n) is 2.12. The van der Waals surface area contributed by atoms with Crippen molar-refractivity contribution in [2.24, 2.45) is 0 Å². The molecule has 0 unspecified atom stereocenters. The molecule has 0 saturated carbocycles. The molecular weight excluding hydrogens is 192 g/mol. The van der Waals surface area contributed by atoms with Crippen LogP contribution in [-0.4, -0.2) is 0 Å². The van der Waals surface area contributed by atoms with Crippen molar-refractivity contribution in [2.75, 3.05) is 0 Å². The number of fused-ring (bicyclic) bond motifs is 1. The Morgan fingerprint density at radius 3 is 2.62 bits per heavy atom. The van der Waals surface area contributed by atoms with Crippen LogP contribution >= 0.6 is 0 Å². The van der Waals surface area contributed by atoms with Crippen LogP contribution in [0.25, 0.3) is 5.57 Å². The second-order valence-corrected chi connectivity index (χ2v) is 5.01. The first kappa shape index (κ1) is 10.9. The maximum atomic E-state index is 4.13. The number of allylic oxidation sites excluding steroid dienone is 5. The summed E-state index contributed by atoms with van der Waals surface area (Å²) in [6.45, 7) is 10.8. The second kappa shape index (κ2) is 3.79. The average molecular weight is 210 g/mol. The Kier molecular flexibility index (Phi) is 2.59. The van der Waals surface area contributed by atoms with E-state index in [-0.39, 0.29) is 5.41 Å². The lowest BCUT2D eigenvalue weighted by Gasteiger charge is -2.26. The summed E-state index contributed by atoms with van der Waals surface area (Å²) in [7, 11) is 0. The van der Waals surface area contributed by atoms with Gasteiger partial charge in [-0.1, -0.05) is 68.5 Å². The Morgan fingerprint density at radius 2 is 1.88 bits per heavy atom. The van der Waals surface area contributed by atoms with E-state index in [4.69, 9.17) is 0 Å². The molecule has 0 radical (unpaired) electrons. The van der Waals surface area contributed by atoms with Crippen molar-refractivity contribution < 1.29 is 0 Å². The Bertz CT molecular complexity index is 485. The molecule has 1 aliphatic rings. The van der Waals surface area contributed by atoms with Crippen LogP contribution in [0.15, 0.2) is 49.1 Å². The van der Waals surface area contributed by atoms with Gasteiger partial charge in [0.15, 0.2) is 0 Å². The molecule has 0 atom stereocenters. The van der Waals surface area contributed by atoms with Gasteiger partial charge in [-0.15, -0.1) is 0 Å². The summed E-state index contributed by atoms with van der Waals surface area (Å²) in [5.74, 6) is 0. The third-order valence-electron chi connectivity index (χ3n) is 3.14. The first-order chi connectivity index (χ1) is 7.50. The first-order valence-corrected chi connectivity index (χ1v) is 5.67. The van der Waals surface area contributed by atoms with E-state index in [1.165, 1.54) is 16.7 Å². The summed E-state index contributed by atoms with van der Waals surface area (Å²) in [6, 6.07) is 6.60. The van der Waals surface area contributed by atoms with E-state index < -0.39 is 0 Å². The predicted octanol–water partition coefficient (Wildman–Crippen LogP) is 4.41. The summed E-state index contributed by atoms with van der Waals surface area (Å²) in [5, 5.41) is 0. The van der Waals surface area contributed by atoms with Crippen molar-refractivity contribution >= 4 is 5.57 Å². The van der Waals surface area contributed by atoms with Gasteiger partial charge >= 0.3 is 0 Å². The standard InChI is InChI=1S/C16H18/c1-12-8-9-14-13(2)7-5-6-10-16(3,4)15(14)11-12/h5-11H,2H2,1,3-4H3/b7-5-,10-6-. The zero-order chi connectivity index (χ0) is 11.8. The minimum atomic E-state index is 0.0645. The van der Waals surface area contributed by atoms with Gasteiger partial charge in [0.05, 0.1) is 0 Å². The molecule has 1 aromatic carbocycles. The van der Waals surface area contributed by atoms with E-state index >= 15 is 0 Å². The molecule has 1 aromatic rings. The molecule has 0 aromatic heterocycles. The molecule has 0 saturated heterocycles. The van der Waals surface area contributed by atoms with E-state index in [2.05, 4.69) is 69.9 Å². The van der Waals surface area contributed by atoms with Crippen LogP contribution in [0.1, 0.15) is 30.5 Å². The third kappa shape index (κ3) is 1.88. The maximum Gasteiger partial charge on any atom is 0.00846 e.